The molecule has 0 heterocycles. The molecule has 1 nitrogen and oxygen atoms in total. The van der Waals surface area contributed by atoms with E-state index in [1.807, 2.05) is 0 Å². The summed E-state index contributed by atoms with van der Waals surface area (Å²) in [5, 5.41) is 6.50. The average Bonchev–Trinajstić information content (AvgIpc) is 1.96. The Morgan fingerprint density at radius 2 is 1.22 bits per heavy atom. The third-order valence-corrected chi connectivity index (χ3v) is 10.1. The van der Waals surface area contributed by atoms with Gasteiger partial charge in [-0.05, 0) is 0 Å². The van der Waals surface area contributed by atoms with Crippen molar-refractivity contribution in [2.24, 2.45) is 0 Å². The zero-order chi connectivity index (χ0) is 7.70. The first-order valence-corrected chi connectivity index (χ1v) is 9.49. The van der Waals surface area contributed by atoms with Crippen molar-refractivity contribution in [1.82, 2.24) is 0 Å². The van der Waals surface area contributed by atoms with Crippen LogP contribution in [0.25, 0.3) is 0 Å². The van der Waals surface area contributed by atoms with E-state index in [0.717, 1.165) is 0 Å². The summed E-state index contributed by atoms with van der Waals surface area (Å²) in [5.74, 6) is 0. The fourth-order valence-corrected chi connectivity index (χ4v) is 5.03. The Morgan fingerprint density at radius 1 is 1.00 bits per heavy atom. The molecule has 0 atom stereocenters. The van der Waals surface area contributed by atoms with Gasteiger partial charge in [-0.25, -0.2) is 5.26 Å². The van der Waals surface area contributed by atoms with Gasteiger partial charge >= 0.3 is 53.8 Å². The van der Waals surface area contributed by atoms with E-state index in [-0.39, 0.29) is 0 Å². The van der Waals surface area contributed by atoms with Crippen molar-refractivity contribution < 1.29 is 0 Å². The molecular weight excluding hydrogens is 217 g/mol. The van der Waals surface area contributed by atoms with Gasteiger partial charge in [0.25, 0.3) is 0 Å². The van der Waals surface area contributed by atoms with Crippen LogP contribution >= 0.6 is 0 Å². The predicted molar refractivity (Wildman–Crippen MR) is 43.9 cm³/mol. The molecule has 0 N–H and O–H groups in total. The number of hydrogen-bond acceptors (Lipinski definition) is 1. The van der Waals surface area contributed by atoms with Gasteiger partial charge < -0.3 is 0 Å². The van der Waals surface area contributed by atoms with Gasteiger partial charge in [-0.2, -0.15) is 0 Å². The summed E-state index contributed by atoms with van der Waals surface area (Å²) < 4.78 is 4.65. The normalized spacial score (nSPS) is 8.22. The zero-order valence-electron chi connectivity index (χ0n) is 6.65. The summed E-state index contributed by atoms with van der Waals surface area (Å²) >= 11 is -0.653. The summed E-state index contributed by atoms with van der Waals surface area (Å²) in [4.78, 5) is 0. The maximum absolute atomic E-state index is 6.50. The molecule has 0 aliphatic heterocycles. The van der Waals surface area contributed by atoms with Crippen LogP contribution in [0.15, 0.2) is 0 Å². The third kappa shape index (κ3) is 8.29. The van der Waals surface area contributed by atoms with E-state index in [9.17, 15) is 0 Å². The van der Waals surface area contributed by atoms with E-state index < -0.39 is 19.8 Å². The predicted octanol–water partition coefficient (Wildman–Crippen LogP) is 2.68. The van der Waals surface area contributed by atoms with E-state index >= 15 is 0 Å². The van der Waals surface area contributed by atoms with E-state index in [2.05, 4.69) is 27.3 Å². The van der Waals surface area contributed by atoms with Gasteiger partial charge in [0.1, 0.15) is 0 Å². The molecule has 0 aromatic rings. The molecule has 0 saturated heterocycles. The van der Waals surface area contributed by atoms with E-state index in [1.54, 1.807) is 13.3 Å². The van der Waals surface area contributed by atoms with Crippen molar-refractivity contribution in [3.8, 4) is 6.57 Å². The van der Waals surface area contributed by atoms with Gasteiger partial charge in [0.2, 0.25) is 0 Å². The van der Waals surface area contributed by atoms with E-state index in [1.165, 1.54) is 0 Å². The summed E-state index contributed by atoms with van der Waals surface area (Å²) in [6.07, 6.45) is 0. The molecule has 0 fully saturated rings. The van der Waals surface area contributed by atoms with Crippen molar-refractivity contribution >= 4 is 19.8 Å². The second kappa shape index (κ2) is 11.1. The number of hydrogen-bond donors (Lipinski definition) is 0. The topological polar surface area (TPSA) is 23.8 Å². The number of nitrogens with zero attached hydrogens (tertiary/aromatic N) is 1. The molecule has 0 bridgehead atoms. The quantitative estimate of drug-likeness (QED) is 0.687. The Hall–Kier alpha value is 0.289. The Morgan fingerprint density at radius 3 is 1.22 bits per heavy atom. The molecule has 2 heteroatoms. The maximum atomic E-state index is 6.50. The van der Waals surface area contributed by atoms with Crippen molar-refractivity contribution in [1.29, 1.82) is 5.26 Å². The van der Waals surface area contributed by atoms with Crippen LogP contribution in [-0.4, -0.2) is 19.8 Å². The minimum absolute atomic E-state index is 0.653. The Labute approximate surface area is 65.8 Å². The molecule has 0 aromatic heterocycles. The Balaban J connectivity index is 0. The molecule has 0 aliphatic rings. The van der Waals surface area contributed by atoms with Crippen LogP contribution in [0.1, 0.15) is 20.8 Å². The molecule has 0 aliphatic carbocycles. The standard InChI is InChI=1S/3C2H5.CHN.Sn/c4*1-2;/h3*1H2,2H3;1H;. The fourth-order valence-electron chi connectivity index (χ4n) is 0.750. The first-order valence-electron chi connectivity index (χ1n) is 3.44. The molecule has 0 saturated carbocycles. The molecule has 53 valence electrons. The van der Waals surface area contributed by atoms with Gasteiger partial charge in [0, 0.05) is 6.57 Å². The first kappa shape index (κ1) is 12.0. The summed E-state index contributed by atoms with van der Waals surface area (Å²) in [6.45, 7) is 10.5. The van der Waals surface area contributed by atoms with Crippen LogP contribution in [0, 0.1) is 11.8 Å². The average molecular weight is 233 g/mol. The van der Waals surface area contributed by atoms with Crippen LogP contribution in [-0.2, 0) is 0 Å². The number of nitriles is 1. The molecule has 0 amide bonds. The SMILES string of the molecule is C#N.C[CH2][Sn]([CH2]C)[CH2]C. The summed E-state index contributed by atoms with van der Waals surface area (Å²) in [5.41, 5.74) is 0. The van der Waals surface area contributed by atoms with Crippen LogP contribution in [0.4, 0.5) is 0 Å². The van der Waals surface area contributed by atoms with Gasteiger partial charge in [0.05, 0.1) is 0 Å². The molecule has 0 spiro atoms. The third-order valence-electron chi connectivity index (χ3n) is 1.50. The second-order valence-corrected chi connectivity index (χ2v) is 12.1. The van der Waals surface area contributed by atoms with Gasteiger partial charge in [-0.3, -0.25) is 0 Å². The van der Waals surface area contributed by atoms with Gasteiger partial charge in [-0.1, -0.05) is 0 Å². The zero-order valence-corrected chi connectivity index (χ0v) is 9.50. The van der Waals surface area contributed by atoms with Crippen LogP contribution in [0.3, 0.4) is 0 Å². The van der Waals surface area contributed by atoms with Gasteiger partial charge in [0.15, 0.2) is 0 Å². The first-order chi connectivity index (χ1) is 4.35. The number of rotatable bonds is 3. The molecule has 9 heavy (non-hydrogen) atoms. The Bertz CT molecular complexity index is 51.7. The van der Waals surface area contributed by atoms with Crippen LogP contribution in [0.2, 0.25) is 13.3 Å². The summed E-state index contributed by atoms with van der Waals surface area (Å²) in [7, 11) is 0. The molecular formula is C7H16NSn. The second-order valence-electron chi connectivity index (χ2n) is 1.81. The monoisotopic (exact) mass is 234 g/mol. The van der Waals surface area contributed by atoms with Crippen LogP contribution in [0.5, 0.6) is 0 Å². The van der Waals surface area contributed by atoms with Crippen molar-refractivity contribution in [3.63, 3.8) is 0 Å². The van der Waals surface area contributed by atoms with Crippen molar-refractivity contribution in [2.45, 2.75) is 34.1 Å². The Kier molecular flexibility index (Phi) is 14.9. The molecule has 1 radical (unpaired) electrons. The van der Waals surface area contributed by atoms with E-state index in [0.29, 0.717) is 0 Å². The molecule has 0 unspecified atom stereocenters. The summed E-state index contributed by atoms with van der Waals surface area (Å²) in [6, 6.07) is 0. The van der Waals surface area contributed by atoms with Gasteiger partial charge in [-0.15, -0.1) is 0 Å². The fraction of sp³-hybridized carbons (Fsp3) is 0.857. The molecule has 0 rings (SSSR count). The molecule has 0 aromatic carbocycles. The van der Waals surface area contributed by atoms with Crippen molar-refractivity contribution in [3.05, 3.63) is 0 Å². The van der Waals surface area contributed by atoms with E-state index in [4.69, 9.17) is 5.26 Å². The van der Waals surface area contributed by atoms with Crippen molar-refractivity contribution in [2.75, 3.05) is 0 Å². The van der Waals surface area contributed by atoms with Crippen LogP contribution < -0.4 is 0 Å². The minimum atomic E-state index is -0.653.